The third kappa shape index (κ3) is 8.42. The molecule has 8 nitrogen and oxygen atoms in total. The summed E-state index contributed by atoms with van der Waals surface area (Å²) in [5, 5.41) is 6.05. The molecule has 0 bridgehead atoms. The first kappa shape index (κ1) is 27.8. The van der Waals surface area contributed by atoms with Gasteiger partial charge in [0.2, 0.25) is 5.91 Å². The Morgan fingerprint density at radius 2 is 1.75 bits per heavy atom. The number of ether oxygens (including phenoxy) is 2. The van der Waals surface area contributed by atoms with E-state index in [1.54, 1.807) is 18.2 Å². The maximum atomic E-state index is 12.7. The van der Waals surface area contributed by atoms with Crippen molar-refractivity contribution >= 4 is 23.5 Å². The zero-order valence-corrected chi connectivity index (χ0v) is 22.0. The monoisotopic (exact) mass is 501 g/mol. The molecule has 2 amide bonds. The van der Waals surface area contributed by atoms with Crippen molar-refractivity contribution in [2.75, 3.05) is 12.8 Å². The van der Waals surface area contributed by atoms with Crippen LogP contribution in [-0.4, -0.2) is 43.1 Å². The fourth-order valence-corrected chi connectivity index (χ4v) is 5.26. The lowest BCUT2D eigenvalue weighted by Gasteiger charge is -2.29. The molecule has 0 aliphatic heterocycles. The number of nitrogens with one attached hydrogen (secondary N) is 2. The number of rotatable bonds is 11. The van der Waals surface area contributed by atoms with Gasteiger partial charge in [-0.25, -0.2) is 4.79 Å². The Hall–Kier alpha value is -2.77. The highest BCUT2D eigenvalue weighted by atomic mass is 16.5. The summed E-state index contributed by atoms with van der Waals surface area (Å²) >= 11 is 0. The highest BCUT2D eigenvalue weighted by Gasteiger charge is 2.28. The van der Waals surface area contributed by atoms with Crippen LogP contribution in [0.3, 0.4) is 0 Å². The molecule has 4 N–H and O–H groups in total. The maximum absolute atomic E-state index is 12.7. The third-order valence-corrected chi connectivity index (χ3v) is 7.37. The van der Waals surface area contributed by atoms with E-state index in [9.17, 15) is 14.4 Å². The Morgan fingerprint density at radius 3 is 2.39 bits per heavy atom. The normalized spacial score (nSPS) is 21.1. The number of carbonyl (C=O) groups is 3. The van der Waals surface area contributed by atoms with Crippen LogP contribution in [-0.2, 0) is 14.3 Å². The highest BCUT2D eigenvalue weighted by Crippen LogP contribution is 2.29. The van der Waals surface area contributed by atoms with Gasteiger partial charge in [-0.2, -0.15) is 0 Å². The minimum absolute atomic E-state index is 0.00166. The topological polar surface area (TPSA) is 120 Å². The molecule has 2 aliphatic rings. The largest absolute Gasteiger partial charge is 0.495 e. The molecular formula is C28H43N3O5. The Balaban J connectivity index is 1.39. The maximum Gasteiger partial charge on any atom is 0.328 e. The molecule has 1 atom stereocenters. The number of carbonyl (C=O) groups excluding carboxylic acids is 3. The summed E-state index contributed by atoms with van der Waals surface area (Å²) in [7, 11) is 1.53. The van der Waals surface area contributed by atoms with Gasteiger partial charge in [0.05, 0.1) is 12.8 Å². The van der Waals surface area contributed by atoms with Gasteiger partial charge < -0.3 is 25.8 Å². The molecule has 36 heavy (non-hydrogen) atoms. The van der Waals surface area contributed by atoms with Crippen LogP contribution in [0, 0.1) is 11.8 Å². The van der Waals surface area contributed by atoms with Gasteiger partial charge in [0.1, 0.15) is 17.9 Å². The van der Waals surface area contributed by atoms with Crippen LogP contribution in [0.1, 0.15) is 94.8 Å². The molecule has 0 heterocycles. The van der Waals surface area contributed by atoms with E-state index < -0.39 is 6.04 Å². The summed E-state index contributed by atoms with van der Waals surface area (Å²) in [5.41, 5.74) is 6.87. The van der Waals surface area contributed by atoms with E-state index in [0.29, 0.717) is 35.8 Å². The number of amides is 2. The van der Waals surface area contributed by atoms with E-state index in [4.69, 9.17) is 15.2 Å². The number of methoxy groups -OCH3 is 1. The van der Waals surface area contributed by atoms with E-state index in [2.05, 4.69) is 10.6 Å². The second-order valence-corrected chi connectivity index (χ2v) is 10.8. The van der Waals surface area contributed by atoms with Crippen molar-refractivity contribution in [3.63, 3.8) is 0 Å². The number of anilines is 1. The highest BCUT2D eigenvalue weighted by molar-refractivity contribution is 5.95. The van der Waals surface area contributed by atoms with Crippen molar-refractivity contribution < 1.29 is 23.9 Å². The Bertz CT molecular complexity index is 889. The molecule has 200 valence electrons. The molecule has 0 aromatic heterocycles. The number of hydrogen-bond donors (Lipinski definition) is 3. The van der Waals surface area contributed by atoms with Crippen molar-refractivity contribution in [2.45, 2.75) is 103 Å². The second-order valence-electron chi connectivity index (χ2n) is 10.8. The molecular weight excluding hydrogens is 458 g/mol. The molecule has 3 rings (SSSR count). The lowest BCUT2D eigenvalue weighted by molar-refractivity contribution is -0.153. The predicted molar refractivity (Wildman–Crippen MR) is 140 cm³/mol. The molecule has 2 aliphatic carbocycles. The van der Waals surface area contributed by atoms with Crippen molar-refractivity contribution in [2.24, 2.45) is 11.8 Å². The first-order valence-corrected chi connectivity index (χ1v) is 13.5. The quantitative estimate of drug-likeness (QED) is 0.306. The summed E-state index contributed by atoms with van der Waals surface area (Å²) in [6.45, 7) is 4.09. The van der Waals surface area contributed by atoms with Crippen molar-refractivity contribution in [1.82, 2.24) is 10.6 Å². The minimum Gasteiger partial charge on any atom is -0.495 e. The molecule has 1 aromatic carbocycles. The summed E-state index contributed by atoms with van der Waals surface area (Å²) in [6, 6.07) is 4.58. The van der Waals surface area contributed by atoms with E-state index in [0.717, 1.165) is 57.8 Å². The number of esters is 1. The molecule has 0 saturated heterocycles. The zero-order chi connectivity index (χ0) is 26.1. The standard InChI is InChI=1S/C28H43N3O5/c1-18(2)16-24(28(34)36-22-6-4-5-7-22)31-26(32)15-10-19-8-12-21(13-9-19)30-27(33)20-11-14-23(29)25(17-20)35-3/h11,14,17-19,21-22,24H,4-10,12-13,15-16,29H2,1-3H3,(H,30,33)(H,31,32)/t19?,21?,24-/m0/s1. The molecule has 0 radical (unpaired) electrons. The Labute approximate surface area is 215 Å². The first-order chi connectivity index (χ1) is 17.2. The Kier molecular flexibility index (Phi) is 10.4. The molecule has 2 fully saturated rings. The number of nitrogens with two attached hydrogens (primary N) is 1. The first-order valence-electron chi connectivity index (χ1n) is 13.5. The van der Waals surface area contributed by atoms with E-state index in [-0.39, 0.29) is 35.8 Å². The van der Waals surface area contributed by atoms with Crippen LogP contribution < -0.4 is 21.1 Å². The van der Waals surface area contributed by atoms with Crippen LogP contribution in [0.2, 0.25) is 0 Å². The SMILES string of the molecule is COc1cc(C(=O)NC2CCC(CCC(=O)N[C@@H](CC(C)C)C(=O)OC3CCCC3)CC2)ccc1N. The van der Waals surface area contributed by atoms with E-state index >= 15 is 0 Å². The van der Waals surface area contributed by atoms with Crippen LogP contribution in [0.5, 0.6) is 5.75 Å². The minimum atomic E-state index is -0.573. The predicted octanol–water partition coefficient (Wildman–Crippen LogP) is 4.36. The van der Waals surface area contributed by atoms with Crippen LogP contribution in [0.25, 0.3) is 0 Å². The van der Waals surface area contributed by atoms with Gasteiger partial charge in [-0.15, -0.1) is 0 Å². The van der Waals surface area contributed by atoms with Crippen LogP contribution >= 0.6 is 0 Å². The van der Waals surface area contributed by atoms with Crippen LogP contribution in [0.15, 0.2) is 18.2 Å². The third-order valence-electron chi connectivity index (χ3n) is 7.37. The summed E-state index contributed by atoms with van der Waals surface area (Å²) in [4.78, 5) is 38.0. The fourth-order valence-electron chi connectivity index (χ4n) is 5.26. The fraction of sp³-hybridized carbons (Fsp3) is 0.679. The number of benzene rings is 1. The van der Waals surface area contributed by atoms with Crippen LogP contribution in [0.4, 0.5) is 5.69 Å². The molecule has 1 aromatic rings. The van der Waals surface area contributed by atoms with Gasteiger partial charge in [-0.3, -0.25) is 9.59 Å². The van der Waals surface area contributed by atoms with Gasteiger partial charge in [-0.1, -0.05) is 13.8 Å². The molecule has 0 spiro atoms. The lowest BCUT2D eigenvalue weighted by atomic mass is 9.83. The summed E-state index contributed by atoms with van der Waals surface area (Å²) in [5.74, 6) is 0.709. The second kappa shape index (κ2) is 13.5. The van der Waals surface area contributed by atoms with Crippen molar-refractivity contribution in [3.8, 4) is 5.75 Å². The zero-order valence-electron chi connectivity index (χ0n) is 22.0. The molecule has 0 unspecified atom stereocenters. The average Bonchev–Trinajstić information content (AvgIpc) is 3.36. The van der Waals surface area contributed by atoms with Crippen molar-refractivity contribution in [1.29, 1.82) is 0 Å². The summed E-state index contributed by atoms with van der Waals surface area (Å²) in [6.07, 6.45) is 9.50. The van der Waals surface area contributed by atoms with E-state index in [1.165, 1.54) is 7.11 Å². The smallest absolute Gasteiger partial charge is 0.328 e. The van der Waals surface area contributed by atoms with Gasteiger partial charge in [0.25, 0.3) is 5.91 Å². The van der Waals surface area contributed by atoms with Gasteiger partial charge in [-0.05, 0) is 94.2 Å². The Morgan fingerprint density at radius 1 is 1.06 bits per heavy atom. The molecule has 8 heteroatoms. The van der Waals surface area contributed by atoms with Crippen molar-refractivity contribution in [3.05, 3.63) is 23.8 Å². The van der Waals surface area contributed by atoms with E-state index in [1.807, 2.05) is 13.8 Å². The summed E-state index contributed by atoms with van der Waals surface area (Å²) < 4.78 is 10.9. The average molecular weight is 502 g/mol. The van der Waals surface area contributed by atoms with Gasteiger partial charge in [0, 0.05) is 18.0 Å². The van der Waals surface area contributed by atoms with Gasteiger partial charge in [0.15, 0.2) is 0 Å². The molecule has 2 saturated carbocycles. The lowest BCUT2D eigenvalue weighted by Crippen LogP contribution is -2.43. The number of nitrogen functional groups attached to an aromatic ring is 1. The van der Waals surface area contributed by atoms with Gasteiger partial charge >= 0.3 is 5.97 Å². The number of hydrogen-bond acceptors (Lipinski definition) is 6.